The molecule has 0 saturated carbocycles. The Kier molecular flexibility index (Phi) is 6.84. The Labute approximate surface area is 129 Å². The summed E-state index contributed by atoms with van der Waals surface area (Å²) in [6, 6.07) is 6.14. The van der Waals surface area contributed by atoms with E-state index in [-0.39, 0.29) is 0 Å². The lowest BCUT2D eigenvalue weighted by Gasteiger charge is -2.21. The van der Waals surface area contributed by atoms with E-state index in [1.165, 1.54) is 4.31 Å². The van der Waals surface area contributed by atoms with E-state index < -0.39 is 10.0 Å². The van der Waals surface area contributed by atoms with Gasteiger partial charge < -0.3 is 5.32 Å². The molecule has 0 aliphatic carbocycles. The molecule has 0 bridgehead atoms. The van der Waals surface area contributed by atoms with Crippen molar-refractivity contribution in [1.82, 2.24) is 9.62 Å². The maximum Gasteiger partial charge on any atom is 0.243 e. The number of rotatable bonds is 8. The second-order valence-electron chi connectivity index (χ2n) is 5.42. The van der Waals surface area contributed by atoms with Gasteiger partial charge in [-0.1, -0.05) is 46.8 Å². The molecule has 0 spiro atoms. The minimum atomic E-state index is -3.40. The topological polar surface area (TPSA) is 49.4 Å². The average Bonchev–Trinajstić information content (AvgIpc) is 2.45. The molecular formula is C16H28N2O2S. The second kappa shape index (κ2) is 7.92. The van der Waals surface area contributed by atoms with E-state index in [2.05, 4.69) is 19.2 Å². The molecule has 1 aromatic rings. The van der Waals surface area contributed by atoms with E-state index in [1.54, 1.807) is 0 Å². The average molecular weight is 312 g/mol. The Bertz CT molecular complexity index is 549. The number of sulfonamides is 1. The fourth-order valence-corrected chi connectivity index (χ4v) is 4.07. The molecule has 0 heterocycles. The predicted molar refractivity (Wildman–Crippen MR) is 87.9 cm³/mol. The lowest BCUT2D eigenvalue weighted by molar-refractivity contribution is 0.444. The Morgan fingerprint density at radius 2 is 1.76 bits per heavy atom. The smallest absolute Gasteiger partial charge is 0.243 e. The van der Waals surface area contributed by atoms with Crippen LogP contribution in [0.15, 0.2) is 23.1 Å². The van der Waals surface area contributed by atoms with Crippen LogP contribution in [0.5, 0.6) is 0 Å². The molecule has 0 aliphatic heterocycles. The molecule has 0 aromatic heterocycles. The predicted octanol–water partition coefficient (Wildman–Crippen LogP) is 2.78. The van der Waals surface area contributed by atoms with Crippen LogP contribution < -0.4 is 5.32 Å². The van der Waals surface area contributed by atoms with Gasteiger partial charge in [-0.15, -0.1) is 0 Å². The second-order valence-corrected chi connectivity index (χ2v) is 7.33. The number of nitrogens with one attached hydrogen (secondary N) is 1. The third-order valence-electron chi connectivity index (χ3n) is 3.55. The molecule has 1 aromatic carbocycles. The summed E-state index contributed by atoms with van der Waals surface area (Å²) in [7, 11) is -3.40. The van der Waals surface area contributed by atoms with Gasteiger partial charge in [-0.25, -0.2) is 8.42 Å². The van der Waals surface area contributed by atoms with Gasteiger partial charge in [-0.05, 0) is 23.6 Å². The normalized spacial score (nSPS) is 12.3. The van der Waals surface area contributed by atoms with Crippen LogP contribution in [0.1, 0.15) is 45.7 Å². The summed E-state index contributed by atoms with van der Waals surface area (Å²) in [5.74, 6) is 0. The molecule has 1 rings (SSSR count). The van der Waals surface area contributed by atoms with Crippen LogP contribution in [-0.4, -0.2) is 31.9 Å². The first-order chi connectivity index (χ1) is 9.86. The van der Waals surface area contributed by atoms with Gasteiger partial charge in [0, 0.05) is 25.7 Å². The lowest BCUT2D eigenvalue weighted by atomic mass is 10.1. The lowest BCUT2D eigenvalue weighted by Crippen LogP contribution is -2.31. The van der Waals surface area contributed by atoms with E-state index in [0.717, 1.165) is 11.1 Å². The van der Waals surface area contributed by atoms with Gasteiger partial charge in [0.2, 0.25) is 10.0 Å². The van der Waals surface area contributed by atoms with Crippen LogP contribution in [0.25, 0.3) is 0 Å². The quantitative estimate of drug-likeness (QED) is 0.803. The molecule has 0 atom stereocenters. The molecule has 21 heavy (non-hydrogen) atoms. The van der Waals surface area contributed by atoms with Gasteiger partial charge in [-0.2, -0.15) is 4.31 Å². The summed E-state index contributed by atoms with van der Waals surface area (Å²) < 4.78 is 27.1. The first-order valence-corrected chi connectivity index (χ1v) is 9.16. The van der Waals surface area contributed by atoms with E-state index in [1.807, 2.05) is 39.0 Å². The molecule has 1 N–H and O–H groups in total. The van der Waals surface area contributed by atoms with Crippen molar-refractivity contribution in [2.45, 2.75) is 58.5 Å². The summed E-state index contributed by atoms with van der Waals surface area (Å²) in [6.45, 7) is 11.6. The van der Waals surface area contributed by atoms with Crippen molar-refractivity contribution in [2.24, 2.45) is 0 Å². The van der Waals surface area contributed by atoms with E-state index in [9.17, 15) is 8.42 Å². The minimum absolute atomic E-state index is 0.374. The third kappa shape index (κ3) is 4.53. The highest BCUT2D eigenvalue weighted by molar-refractivity contribution is 7.89. The number of hydrogen-bond donors (Lipinski definition) is 1. The summed E-state index contributed by atoms with van der Waals surface area (Å²) in [6.07, 6.45) is 0.716. The molecule has 0 aliphatic rings. The van der Waals surface area contributed by atoms with Gasteiger partial charge in [0.25, 0.3) is 0 Å². The van der Waals surface area contributed by atoms with Crippen LogP contribution in [0.2, 0.25) is 0 Å². The highest BCUT2D eigenvalue weighted by Crippen LogP contribution is 2.22. The molecule has 0 amide bonds. The van der Waals surface area contributed by atoms with Crippen molar-refractivity contribution in [3.8, 4) is 0 Å². The van der Waals surface area contributed by atoms with Gasteiger partial charge in [0.05, 0.1) is 4.90 Å². The molecule has 120 valence electrons. The Hall–Kier alpha value is -0.910. The highest BCUT2D eigenvalue weighted by Gasteiger charge is 2.24. The number of hydrogen-bond acceptors (Lipinski definition) is 3. The maximum atomic E-state index is 12.8. The first kappa shape index (κ1) is 18.1. The molecule has 0 saturated heterocycles. The Morgan fingerprint density at radius 3 is 2.24 bits per heavy atom. The Morgan fingerprint density at radius 1 is 1.14 bits per heavy atom. The standard InChI is InChI=1S/C16H28N2O2S/c1-6-15-10-9-14(12-17-13(4)5)11-16(15)21(19,20)18(7-2)8-3/h9-11,13,17H,6-8,12H2,1-5H3. The monoisotopic (exact) mass is 312 g/mol. The maximum absolute atomic E-state index is 12.8. The van der Waals surface area contributed by atoms with Gasteiger partial charge in [0.1, 0.15) is 0 Å². The van der Waals surface area contributed by atoms with Crippen LogP contribution >= 0.6 is 0 Å². The molecule has 0 radical (unpaired) electrons. The summed E-state index contributed by atoms with van der Waals surface area (Å²) >= 11 is 0. The third-order valence-corrected chi connectivity index (χ3v) is 5.68. The van der Waals surface area contributed by atoms with Crippen molar-refractivity contribution in [2.75, 3.05) is 13.1 Å². The summed E-state index contributed by atoms with van der Waals surface area (Å²) in [5, 5.41) is 3.33. The largest absolute Gasteiger partial charge is 0.310 e. The van der Waals surface area contributed by atoms with Crippen molar-refractivity contribution in [1.29, 1.82) is 0 Å². The zero-order chi connectivity index (χ0) is 16.0. The van der Waals surface area contributed by atoms with E-state index in [0.29, 0.717) is 37.0 Å². The van der Waals surface area contributed by atoms with Crippen LogP contribution in [-0.2, 0) is 23.0 Å². The molecule has 4 nitrogen and oxygen atoms in total. The molecule has 0 unspecified atom stereocenters. The summed E-state index contributed by atoms with van der Waals surface area (Å²) in [5.41, 5.74) is 1.89. The number of nitrogens with zero attached hydrogens (tertiary/aromatic N) is 1. The van der Waals surface area contributed by atoms with Crippen LogP contribution in [0.3, 0.4) is 0 Å². The van der Waals surface area contributed by atoms with Gasteiger partial charge in [-0.3, -0.25) is 0 Å². The molecule has 5 heteroatoms. The van der Waals surface area contributed by atoms with Crippen molar-refractivity contribution in [3.63, 3.8) is 0 Å². The van der Waals surface area contributed by atoms with Gasteiger partial charge in [0.15, 0.2) is 0 Å². The molecular weight excluding hydrogens is 284 g/mol. The fraction of sp³-hybridized carbons (Fsp3) is 0.625. The van der Waals surface area contributed by atoms with Crippen molar-refractivity contribution < 1.29 is 8.42 Å². The van der Waals surface area contributed by atoms with Crippen LogP contribution in [0, 0.1) is 0 Å². The van der Waals surface area contributed by atoms with E-state index in [4.69, 9.17) is 0 Å². The van der Waals surface area contributed by atoms with Crippen molar-refractivity contribution >= 4 is 10.0 Å². The first-order valence-electron chi connectivity index (χ1n) is 7.72. The number of benzene rings is 1. The highest BCUT2D eigenvalue weighted by atomic mass is 32.2. The zero-order valence-electron chi connectivity index (χ0n) is 13.8. The van der Waals surface area contributed by atoms with Gasteiger partial charge >= 0.3 is 0 Å². The minimum Gasteiger partial charge on any atom is -0.310 e. The zero-order valence-corrected chi connectivity index (χ0v) is 14.6. The van der Waals surface area contributed by atoms with E-state index >= 15 is 0 Å². The molecule has 0 fully saturated rings. The van der Waals surface area contributed by atoms with Crippen molar-refractivity contribution in [3.05, 3.63) is 29.3 Å². The summed E-state index contributed by atoms with van der Waals surface area (Å²) in [4.78, 5) is 0.455. The fourth-order valence-electron chi connectivity index (χ4n) is 2.27. The number of aryl methyl sites for hydroxylation is 1. The SMILES string of the molecule is CCc1ccc(CNC(C)C)cc1S(=O)(=O)N(CC)CC. The van der Waals surface area contributed by atoms with Crippen LogP contribution in [0.4, 0.5) is 0 Å². The Balaban J connectivity index is 3.22.